The maximum absolute atomic E-state index is 10.4. The maximum atomic E-state index is 10.4. The van der Waals surface area contributed by atoms with Crippen LogP contribution < -0.4 is 0 Å². The monoisotopic (exact) mass is 190 g/mol. The third kappa shape index (κ3) is 1.66. The fourth-order valence-electron chi connectivity index (χ4n) is 0.814. The molecule has 1 rings (SSSR count). The van der Waals surface area contributed by atoms with E-state index in [0.29, 0.717) is 0 Å². The lowest BCUT2D eigenvalue weighted by atomic mass is 10.0. The average Bonchev–Trinajstić information content (AvgIpc) is 1.94. The topological polar surface area (TPSA) is 77.8 Å². The molecule has 0 aromatic heterocycles. The first-order chi connectivity index (χ1) is 5.43. The van der Waals surface area contributed by atoms with Crippen molar-refractivity contribution >= 4 is 17.6 Å². The molecule has 0 saturated heterocycles. The van der Waals surface area contributed by atoms with E-state index in [1.54, 1.807) is 0 Å². The Balaban J connectivity index is 2.97. The second kappa shape index (κ2) is 2.90. The van der Waals surface area contributed by atoms with E-state index in [2.05, 4.69) is 0 Å². The molecule has 0 spiro atoms. The molecule has 12 heavy (non-hydrogen) atoms. The van der Waals surface area contributed by atoms with Crippen LogP contribution in [0.5, 0.6) is 0 Å². The van der Waals surface area contributed by atoms with Gasteiger partial charge in [-0.2, -0.15) is 0 Å². The maximum Gasteiger partial charge on any atom is 0.335 e. The van der Waals surface area contributed by atoms with Crippen LogP contribution in [-0.2, 0) is 4.79 Å². The van der Waals surface area contributed by atoms with Crippen LogP contribution >= 0.6 is 11.6 Å². The van der Waals surface area contributed by atoms with E-state index in [1.807, 2.05) is 0 Å². The number of carboxylic acid groups (broad SMARTS) is 1. The summed E-state index contributed by atoms with van der Waals surface area (Å²) in [6.45, 7) is 0. The van der Waals surface area contributed by atoms with Gasteiger partial charge in [-0.1, -0.05) is 17.7 Å². The molecule has 1 aliphatic rings. The number of hydrogen-bond acceptors (Lipinski definition) is 3. The summed E-state index contributed by atoms with van der Waals surface area (Å²) in [4.78, 5) is 10.4. The molecule has 0 radical (unpaired) electrons. The van der Waals surface area contributed by atoms with Crippen molar-refractivity contribution in [2.24, 2.45) is 0 Å². The lowest BCUT2D eigenvalue weighted by molar-refractivity contribution is -0.132. The molecule has 0 bridgehead atoms. The van der Waals surface area contributed by atoms with Gasteiger partial charge in [0.05, 0.1) is 5.57 Å². The van der Waals surface area contributed by atoms with E-state index in [1.165, 1.54) is 6.08 Å². The highest BCUT2D eigenvalue weighted by Crippen LogP contribution is 2.25. The number of carboxylic acids is 1. The quantitative estimate of drug-likeness (QED) is 0.503. The van der Waals surface area contributed by atoms with Crippen molar-refractivity contribution in [1.29, 1.82) is 0 Å². The van der Waals surface area contributed by atoms with Gasteiger partial charge in [-0.3, -0.25) is 0 Å². The summed E-state index contributed by atoms with van der Waals surface area (Å²) in [7, 11) is 0. The summed E-state index contributed by atoms with van der Waals surface area (Å²) in [5.74, 6) is -1.20. The Bertz CT molecular complexity index is 267. The van der Waals surface area contributed by atoms with Gasteiger partial charge < -0.3 is 15.3 Å². The fraction of sp³-hybridized carbons (Fsp3) is 0.286. The number of halogens is 1. The Kier molecular flexibility index (Phi) is 2.23. The molecule has 1 aliphatic carbocycles. The highest BCUT2D eigenvalue weighted by atomic mass is 35.5. The molecule has 3 N–H and O–H groups in total. The summed E-state index contributed by atoms with van der Waals surface area (Å²) in [5, 5.41) is 24.7. The van der Waals surface area contributed by atoms with Crippen LogP contribution in [0.1, 0.15) is 0 Å². The van der Waals surface area contributed by atoms with Crippen LogP contribution in [0.4, 0.5) is 0 Å². The van der Waals surface area contributed by atoms with Crippen LogP contribution in [0, 0.1) is 0 Å². The first kappa shape index (κ1) is 9.25. The minimum atomic E-state index is -2.01. The molecule has 5 heteroatoms. The summed E-state index contributed by atoms with van der Waals surface area (Å²) in [5.41, 5.74) is -0.141. The van der Waals surface area contributed by atoms with Crippen LogP contribution in [0.25, 0.3) is 0 Å². The van der Waals surface area contributed by atoms with Gasteiger partial charge in [-0.05, 0) is 12.2 Å². The van der Waals surface area contributed by atoms with E-state index in [9.17, 15) is 9.90 Å². The molecule has 66 valence electrons. The zero-order chi connectivity index (χ0) is 9.35. The van der Waals surface area contributed by atoms with Crippen molar-refractivity contribution in [2.45, 2.75) is 11.2 Å². The van der Waals surface area contributed by atoms with Crippen molar-refractivity contribution < 1.29 is 20.1 Å². The Hall–Kier alpha value is -0.840. The number of aliphatic hydroxyl groups is 2. The third-order valence-corrected chi connectivity index (χ3v) is 1.81. The smallest absolute Gasteiger partial charge is 0.335 e. The van der Waals surface area contributed by atoms with Crippen molar-refractivity contribution in [3.63, 3.8) is 0 Å². The molecule has 2 unspecified atom stereocenters. The lowest BCUT2D eigenvalue weighted by Gasteiger charge is -2.23. The van der Waals surface area contributed by atoms with Crippen molar-refractivity contribution in [1.82, 2.24) is 0 Å². The Morgan fingerprint density at radius 2 is 2.25 bits per heavy atom. The number of hydrogen-bond donors (Lipinski definition) is 3. The zero-order valence-corrected chi connectivity index (χ0v) is 6.69. The minimum Gasteiger partial charge on any atom is -0.478 e. The van der Waals surface area contributed by atoms with E-state index in [-0.39, 0.29) is 5.57 Å². The average molecular weight is 191 g/mol. The van der Waals surface area contributed by atoms with Crippen LogP contribution in [0.2, 0.25) is 0 Å². The molecule has 0 amide bonds. The SMILES string of the molecule is O=C(O)C1=CC(O)(Cl)C(O)C=C1. The van der Waals surface area contributed by atoms with Gasteiger partial charge in [0.15, 0.2) is 5.06 Å². The number of aliphatic carboxylic acids is 1. The van der Waals surface area contributed by atoms with E-state index in [0.717, 1.165) is 12.2 Å². The summed E-state index contributed by atoms with van der Waals surface area (Å²) >= 11 is 5.38. The first-order valence-corrected chi connectivity index (χ1v) is 3.55. The predicted molar refractivity (Wildman–Crippen MR) is 41.7 cm³/mol. The third-order valence-electron chi connectivity index (χ3n) is 1.48. The van der Waals surface area contributed by atoms with E-state index in [4.69, 9.17) is 21.8 Å². The highest BCUT2D eigenvalue weighted by molar-refractivity contribution is 6.25. The molecule has 2 atom stereocenters. The van der Waals surface area contributed by atoms with Gasteiger partial charge in [0.1, 0.15) is 6.10 Å². The van der Waals surface area contributed by atoms with Gasteiger partial charge in [-0.25, -0.2) is 4.79 Å². The first-order valence-electron chi connectivity index (χ1n) is 3.17. The number of rotatable bonds is 1. The molecule has 0 heterocycles. The molecule has 0 saturated carbocycles. The second-order valence-electron chi connectivity index (χ2n) is 2.44. The van der Waals surface area contributed by atoms with Gasteiger partial charge >= 0.3 is 5.97 Å². The normalized spacial score (nSPS) is 34.6. The highest BCUT2D eigenvalue weighted by Gasteiger charge is 2.33. The van der Waals surface area contributed by atoms with Crippen molar-refractivity contribution in [2.75, 3.05) is 0 Å². The number of aliphatic hydroxyl groups excluding tert-OH is 1. The van der Waals surface area contributed by atoms with Gasteiger partial charge in [0.25, 0.3) is 0 Å². The standard InChI is InChI=1S/C7H7ClO4/c8-7(12)3-4(6(10)11)1-2-5(7)9/h1-3,5,9,12H,(H,10,11). The Morgan fingerprint density at radius 1 is 1.67 bits per heavy atom. The Labute approximate surface area is 73.4 Å². The molecule has 0 aromatic carbocycles. The predicted octanol–water partition coefficient (Wildman–Crippen LogP) is -0.145. The molecular formula is C7H7ClO4. The second-order valence-corrected chi connectivity index (χ2v) is 3.04. The van der Waals surface area contributed by atoms with Gasteiger partial charge in [-0.15, -0.1) is 0 Å². The van der Waals surface area contributed by atoms with Crippen molar-refractivity contribution in [3.05, 3.63) is 23.8 Å². The zero-order valence-electron chi connectivity index (χ0n) is 5.94. The summed E-state index contributed by atoms with van der Waals surface area (Å²) < 4.78 is 0. The number of carbonyl (C=O) groups is 1. The fourth-order valence-corrected chi connectivity index (χ4v) is 1.00. The van der Waals surface area contributed by atoms with E-state index >= 15 is 0 Å². The molecular weight excluding hydrogens is 184 g/mol. The molecule has 4 nitrogen and oxygen atoms in total. The van der Waals surface area contributed by atoms with Gasteiger partial charge in [0, 0.05) is 0 Å². The van der Waals surface area contributed by atoms with Gasteiger partial charge in [0.2, 0.25) is 0 Å². The molecule has 0 aliphatic heterocycles. The van der Waals surface area contributed by atoms with Crippen LogP contribution in [0.15, 0.2) is 23.8 Å². The van der Waals surface area contributed by atoms with Crippen LogP contribution in [-0.4, -0.2) is 32.5 Å². The molecule has 0 aromatic rings. The summed E-state index contributed by atoms with van der Waals surface area (Å²) in [6, 6.07) is 0. The van der Waals surface area contributed by atoms with Crippen LogP contribution in [0.3, 0.4) is 0 Å². The Morgan fingerprint density at radius 3 is 2.67 bits per heavy atom. The van der Waals surface area contributed by atoms with Crippen molar-refractivity contribution in [3.8, 4) is 0 Å². The number of alkyl halides is 1. The largest absolute Gasteiger partial charge is 0.478 e. The minimum absolute atomic E-state index is 0.141. The van der Waals surface area contributed by atoms with E-state index < -0.39 is 17.1 Å². The lowest BCUT2D eigenvalue weighted by Crippen LogP contribution is -2.35. The summed E-state index contributed by atoms with van der Waals surface area (Å²) in [6.07, 6.45) is 1.92. The molecule has 0 fully saturated rings.